The van der Waals surface area contributed by atoms with Gasteiger partial charge in [-0.3, -0.25) is 5.01 Å². The number of nitrogens with two attached hydrogens (primary N) is 1. The smallest absolute Gasteiger partial charge is 0.154 e. The van der Waals surface area contributed by atoms with Gasteiger partial charge in [0, 0.05) is 12.4 Å². The Morgan fingerprint density at radius 1 is 1.31 bits per heavy atom. The third-order valence-corrected chi connectivity index (χ3v) is 2.34. The zero-order valence-corrected chi connectivity index (χ0v) is 9.56. The van der Waals surface area contributed by atoms with Crippen molar-refractivity contribution in [3.05, 3.63) is 24.0 Å². The van der Waals surface area contributed by atoms with Gasteiger partial charge >= 0.3 is 0 Å². The summed E-state index contributed by atoms with van der Waals surface area (Å²) < 4.78 is 5.27. The van der Waals surface area contributed by atoms with Gasteiger partial charge in [-0.15, -0.1) is 0 Å². The summed E-state index contributed by atoms with van der Waals surface area (Å²) in [5.74, 6) is 7.84. The summed E-state index contributed by atoms with van der Waals surface area (Å²) in [6.07, 6.45) is 0. The number of ether oxygens (including phenoxy) is 1. The van der Waals surface area contributed by atoms with E-state index in [0.29, 0.717) is 11.6 Å². The molecule has 0 bridgehead atoms. The number of hydrogen-bond acceptors (Lipinski definition) is 5. The fourth-order valence-electron chi connectivity index (χ4n) is 1.65. The van der Waals surface area contributed by atoms with Gasteiger partial charge in [-0.05, 0) is 19.1 Å². The molecule has 0 aliphatic carbocycles. The lowest BCUT2D eigenvalue weighted by molar-refractivity contribution is 0.418. The van der Waals surface area contributed by atoms with E-state index < -0.39 is 0 Å². The number of aryl methyl sites for hydroxylation is 1. The van der Waals surface area contributed by atoms with Crippen molar-refractivity contribution in [1.29, 1.82) is 0 Å². The topological polar surface area (TPSA) is 64.3 Å². The summed E-state index contributed by atoms with van der Waals surface area (Å²) >= 11 is 0. The Morgan fingerprint density at radius 2 is 2.06 bits per heavy atom. The van der Waals surface area contributed by atoms with Crippen LogP contribution in [0.3, 0.4) is 0 Å². The third-order valence-electron chi connectivity index (χ3n) is 2.34. The third kappa shape index (κ3) is 1.65. The van der Waals surface area contributed by atoms with E-state index in [0.717, 1.165) is 16.7 Å². The van der Waals surface area contributed by atoms with E-state index in [2.05, 4.69) is 9.97 Å². The molecule has 0 aliphatic rings. The van der Waals surface area contributed by atoms with Gasteiger partial charge in [-0.25, -0.2) is 15.8 Å². The lowest BCUT2D eigenvalue weighted by atomic mass is 10.2. The first-order valence-electron chi connectivity index (χ1n) is 4.93. The highest BCUT2D eigenvalue weighted by Gasteiger charge is 2.10. The Bertz CT molecular complexity index is 525. The Labute approximate surface area is 93.8 Å². The molecular weight excluding hydrogens is 204 g/mol. The lowest BCUT2D eigenvalue weighted by Gasteiger charge is -2.15. The Kier molecular flexibility index (Phi) is 2.62. The van der Waals surface area contributed by atoms with Crippen LogP contribution in [0, 0.1) is 6.92 Å². The zero-order valence-electron chi connectivity index (χ0n) is 9.56. The molecule has 1 aromatic heterocycles. The van der Waals surface area contributed by atoms with Crippen molar-refractivity contribution in [3.8, 4) is 5.75 Å². The van der Waals surface area contributed by atoms with Crippen LogP contribution in [0.25, 0.3) is 10.9 Å². The highest BCUT2D eigenvalue weighted by atomic mass is 16.5. The second-order valence-corrected chi connectivity index (χ2v) is 3.56. The van der Waals surface area contributed by atoms with Gasteiger partial charge in [-0.2, -0.15) is 0 Å². The van der Waals surface area contributed by atoms with Gasteiger partial charge < -0.3 is 4.74 Å². The summed E-state index contributed by atoms with van der Waals surface area (Å²) in [6, 6.07) is 5.69. The van der Waals surface area contributed by atoms with Gasteiger partial charge in [-0.1, -0.05) is 6.07 Å². The van der Waals surface area contributed by atoms with Crippen LogP contribution in [-0.4, -0.2) is 24.1 Å². The largest absolute Gasteiger partial charge is 0.494 e. The van der Waals surface area contributed by atoms with Crippen molar-refractivity contribution < 1.29 is 4.74 Å². The summed E-state index contributed by atoms with van der Waals surface area (Å²) in [7, 11) is 3.37. The lowest BCUT2D eigenvalue weighted by Crippen LogP contribution is -2.26. The highest BCUT2D eigenvalue weighted by Crippen LogP contribution is 2.28. The van der Waals surface area contributed by atoms with Crippen molar-refractivity contribution >= 4 is 16.7 Å². The standard InChI is InChI=1S/C11H14N4O/c1-7-13-10-8(11(14-7)15(2)12)5-4-6-9(10)16-3/h4-6H,12H2,1-3H3. The number of methoxy groups -OCH3 is 1. The molecule has 1 aromatic carbocycles. The molecule has 0 saturated carbocycles. The maximum Gasteiger partial charge on any atom is 0.154 e. The average Bonchev–Trinajstić information content (AvgIpc) is 2.27. The zero-order chi connectivity index (χ0) is 11.7. The summed E-state index contributed by atoms with van der Waals surface area (Å²) in [5.41, 5.74) is 0.782. The number of benzene rings is 1. The molecule has 0 amide bonds. The van der Waals surface area contributed by atoms with E-state index in [-0.39, 0.29) is 0 Å². The monoisotopic (exact) mass is 218 g/mol. The quantitative estimate of drug-likeness (QED) is 0.607. The summed E-state index contributed by atoms with van der Waals surface area (Å²) in [5, 5.41) is 2.37. The van der Waals surface area contributed by atoms with Gasteiger partial charge in [0.25, 0.3) is 0 Å². The van der Waals surface area contributed by atoms with Crippen LogP contribution >= 0.6 is 0 Å². The second-order valence-electron chi connectivity index (χ2n) is 3.56. The molecule has 0 saturated heterocycles. The summed E-state index contributed by atoms with van der Waals surface area (Å²) in [6.45, 7) is 1.83. The molecule has 84 valence electrons. The first kappa shape index (κ1) is 10.6. The number of anilines is 1. The molecule has 2 rings (SSSR count). The first-order chi connectivity index (χ1) is 7.63. The van der Waals surface area contributed by atoms with Crippen molar-refractivity contribution in [2.75, 3.05) is 19.2 Å². The van der Waals surface area contributed by atoms with Gasteiger partial charge in [0.1, 0.15) is 17.1 Å². The van der Waals surface area contributed by atoms with Crippen molar-refractivity contribution in [2.45, 2.75) is 6.92 Å². The van der Waals surface area contributed by atoms with Crippen LogP contribution in [-0.2, 0) is 0 Å². The number of para-hydroxylation sites is 1. The number of hydrogen-bond donors (Lipinski definition) is 1. The van der Waals surface area contributed by atoms with Crippen LogP contribution < -0.4 is 15.6 Å². The molecule has 0 aliphatic heterocycles. The number of aromatic nitrogens is 2. The highest BCUT2D eigenvalue weighted by molar-refractivity contribution is 5.93. The van der Waals surface area contributed by atoms with Crippen molar-refractivity contribution in [1.82, 2.24) is 9.97 Å². The van der Waals surface area contributed by atoms with E-state index in [1.165, 1.54) is 5.01 Å². The van der Waals surface area contributed by atoms with Gasteiger partial charge in [0.05, 0.1) is 7.11 Å². The number of rotatable bonds is 2. The normalized spacial score (nSPS) is 10.5. The van der Waals surface area contributed by atoms with Crippen molar-refractivity contribution in [3.63, 3.8) is 0 Å². The minimum Gasteiger partial charge on any atom is -0.494 e. The molecule has 1 heterocycles. The SMILES string of the molecule is COc1cccc2c(N(C)N)nc(C)nc12. The number of nitrogens with zero attached hydrogens (tertiary/aromatic N) is 3. The number of hydrazine groups is 1. The Hall–Kier alpha value is -1.88. The molecule has 5 heteroatoms. The molecule has 2 aromatic rings. The molecule has 16 heavy (non-hydrogen) atoms. The molecular formula is C11H14N4O. The number of fused-ring (bicyclic) bond motifs is 1. The molecule has 0 atom stereocenters. The van der Waals surface area contributed by atoms with Crippen LogP contribution in [0.1, 0.15) is 5.82 Å². The van der Waals surface area contributed by atoms with E-state index in [4.69, 9.17) is 10.6 Å². The first-order valence-corrected chi connectivity index (χ1v) is 4.93. The fourth-order valence-corrected chi connectivity index (χ4v) is 1.65. The van der Waals surface area contributed by atoms with E-state index >= 15 is 0 Å². The minimum absolute atomic E-state index is 0.671. The fraction of sp³-hybridized carbons (Fsp3) is 0.273. The second kappa shape index (κ2) is 3.94. The molecule has 0 spiro atoms. The molecule has 5 nitrogen and oxygen atoms in total. The predicted octanol–water partition coefficient (Wildman–Crippen LogP) is 1.26. The van der Waals surface area contributed by atoms with Crippen LogP contribution in [0.4, 0.5) is 5.82 Å². The molecule has 0 unspecified atom stereocenters. The van der Waals surface area contributed by atoms with Crippen molar-refractivity contribution in [2.24, 2.45) is 5.84 Å². The molecule has 0 fully saturated rings. The minimum atomic E-state index is 0.671. The van der Waals surface area contributed by atoms with Gasteiger partial charge in [0.2, 0.25) is 0 Å². The van der Waals surface area contributed by atoms with E-state index in [9.17, 15) is 0 Å². The van der Waals surface area contributed by atoms with E-state index in [1.54, 1.807) is 14.2 Å². The molecule has 0 radical (unpaired) electrons. The van der Waals surface area contributed by atoms with Crippen LogP contribution in [0.2, 0.25) is 0 Å². The Morgan fingerprint density at radius 3 is 2.69 bits per heavy atom. The predicted molar refractivity (Wildman–Crippen MR) is 63.4 cm³/mol. The average molecular weight is 218 g/mol. The molecule has 2 N–H and O–H groups in total. The maximum absolute atomic E-state index is 5.74. The Balaban J connectivity index is 2.83. The summed E-state index contributed by atoms with van der Waals surface area (Å²) in [4.78, 5) is 8.68. The van der Waals surface area contributed by atoms with Crippen LogP contribution in [0.5, 0.6) is 5.75 Å². The maximum atomic E-state index is 5.74. The van der Waals surface area contributed by atoms with E-state index in [1.807, 2.05) is 25.1 Å². The van der Waals surface area contributed by atoms with Gasteiger partial charge in [0.15, 0.2) is 5.82 Å². The van der Waals surface area contributed by atoms with Crippen LogP contribution in [0.15, 0.2) is 18.2 Å².